The SMILES string of the molecule is CCc1ccccc1N=C1S/C(=C/c2cc(OC)ccc2OC)C(=O)N1CC. The van der Waals surface area contributed by atoms with Gasteiger partial charge in [0, 0.05) is 12.1 Å². The van der Waals surface area contributed by atoms with Gasteiger partial charge in [-0.15, -0.1) is 0 Å². The minimum atomic E-state index is -0.0508. The lowest BCUT2D eigenvalue weighted by atomic mass is 10.1. The first-order valence-electron chi connectivity index (χ1n) is 9.21. The Morgan fingerprint density at radius 3 is 2.57 bits per heavy atom. The lowest BCUT2D eigenvalue weighted by molar-refractivity contribution is -0.122. The van der Waals surface area contributed by atoms with Gasteiger partial charge in [0.05, 0.1) is 24.8 Å². The summed E-state index contributed by atoms with van der Waals surface area (Å²) in [5.74, 6) is 1.35. The number of benzene rings is 2. The largest absolute Gasteiger partial charge is 0.497 e. The molecule has 0 atom stereocenters. The summed E-state index contributed by atoms with van der Waals surface area (Å²) < 4.78 is 10.7. The average molecular weight is 397 g/mol. The van der Waals surface area contributed by atoms with Gasteiger partial charge in [0.2, 0.25) is 0 Å². The number of methoxy groups -OCH3 is 2. The number of hydrogen-bond acceptors (Lipinski definition) is 5. The Labute approximate surface area is 170 Å². The molecule has 1 heterocycles. The standard InChI is InChI=1S/C22H24N2O3S/c1-5-15-9-7-8-10-18(15)23-22-24(6-2)21(25)20(28-22)14-16-13-17(26-3)11-12-19(16)27-4/h7-14H,5-6H2,1-4H3/b20-14+,23-22?. The van der Waals surface area contributed by atoms with Gasteiger partial charge in [-0.25, -0.2) is 4.99 Å². The number of rotatable bonds is 6. The zero-order valence-corrected chi connectivity index (χ0v) is 17.4. The van der Waals surface area contributed by atoms with Crippen LogP contribution in [0, 0.1) is 0 Å². The number of hydrogen-bond donors (Lipinski definition) is 0. The minimum absolute atomic E-state index is 0.0508. The van der Waals surface area contributed by atoms with E-state index >= 15 is 0 Å². The number of amidine groups is 1. The number of amides is 1. The number of carbonyl (C=O) groups excluding carboxylic acids is 1. The number of nitrogens with zero attached hydrogens (tertiary/aromatic N) is 2. The number of para-hydroxylation sites is 1. The molecule has 1 aliphatic rings. The Morgan fingerprint density at radius 1 is 1.11 bits per heavy atom. The van der Waals surface area contributed by atoms with Crippen molar-refractivity contribution in [1.82, 2.24) is 4.90 Å². The highest BCUT2D eigenvalue weighted by Crippen LogP contribution is 2.36. The van der Waals surface area contributed by atoms with Gasteiger partial charge in [-0.05, 0) is 61.0 Å². The second kappa shape index (κ2) is 8.97. The molecule has 0 unspecified atom stereocenters. The number of aryl methyl sites for hydroxylation is 1. The van der Waals surface area contributed by atoms with Crippen LogP contribution in [0.15, 0.2) is 52.4 Å². The Hall–Kier alpha value is -2.73. The van der Waals surface area contributed by atoms with Crippen LogP contribution < -0.4 is 9.47 Å². The summed E-state index contributed by atoms with van der Waals surface area (Å²) in [6.07, 6.45) is 2.73. The van der Waals surface area contributed by atoms with Crippen molar-refractivity contribution in [2.45, 2.75) is 20.3 Å². The molecule has 0 radical (unpaired) electrons. The third-order valence-electron chi connectivity index (χ3n) is 4.52. The molecule has 0 saturated carbocycles. The van der Waals surface area contributed by atoms with Gasteiger partial charge in [-0.1, -0.05) is 25.1 Å². The minimum Gasteiger partial charge on any atom is -0.497 e. The van der Waals surface area contributed by atoms with Crippen LogP contribution >= 0.6 is 11.8 Å². The van der Waals surface area contributed by atoms with Crippen molar-refractivity contribution >= 4 is 34.6 Å². The maximum Gasteiger partial charge on any atom is 0.266 e. The van der Waals surface area contributed by atoms with Crippen LogP contribution in [-0.4, -0.2) is 36.7 Å². The highest BCUT2D eigenvalue weighted by Gasteiger charge is 2.32. The third-order valence-corrected chi connectivity index (χ3v) is 5.52. The monoisotopic (exact) mass is 396 g/mol. The molecule has 1 aliphatic heterocycles. The van der Waals surface area contributed by atoms with Crippen LogP contribution in [0.5, 0.6) is 11.5 Å². The van der Waals surface area contributed by atoms with Gasteiger partial charge in [0.25, 0.3) is 5.91 Å². The third kappa shape index (κ3) is 4.07. The van der Waals surface area contributed by atoms with Crippen molar-refractivity contribution in [2.24, 2.45) is 4.99 Å². The van der Waals surface area contributed by atoms with Crippen LogP contribution in [-0.2, 0) is 11.2 Å². The zero-order valence-electron chi connectivity index (χ0n) is 16.6. The van der Waals surface area contributed by atoms with E-state index in [2.05, 4.69) is 13.0 Å². The normalized spacial score (nSPS) is 16.9. The van der Waals surface area contributed by atoms with Crippen LogP contribution in [0.4, 0.5) is 5.69 Å². The van der Waals surface area contributed by atoms with E-state index in [1.165, 1.54) is 11.8 Å². The van der Waals surface area contributed by atoms with E-state index in [4.69, 9.17) is 14.5 Å². The average Bonchev–Trinajstić information content (AvgIpc) is 3.02. The molecule has 6 heteroatoms. The van der Waals surface area contributed by atoms with E-state index in [0.29, 0.717) is 28.1 Å². The van der Waals surface area contributed by atoms with E-state index < -0.39 is 0 Å². The molecule has 2 aromatic carbocycles. The van der Waals surface area contributed by atoms with Gasteiger partial charge in [-0.3, -0.25) is 9.69 Å². The Bertz CT molecular complexity index is 937. The topological polar surface area (TPSA) is 51.1 Å². The van der Waals surface area contributed by atoms with Crippen molar-refractivity contribution in [2.75, 3.05) is 20.8 Å². The predicted molar refractivity (Wildman–Crippen MR) is 115 cm³/mol. The number of likely N-dealkylation sites (N-methyl/N-ethyl adjacent to an activating group) is 1. The van der Waals surface area contributed by atoms with Crippen molar-refractivity contribution in [3.05, 3.63) is 58.5 Å². The van der Waals surface area contributed by atoms with Gasteiger partial charge in [0.1, 0.15) is 11.5 Å². The highest BCUT2D eigenvalue weighted by molar-refractivity contribution is 8.18. The first kappa shape index (κ1) is 20.0. The number of thioether (sulfide) groups is 1. The first-order valence-corrected chi connectivity index (χ1v) is 10.0. The van der Waals surface area contributed by atoms with Crippen LogP contribution in [0.2, 0.25) is 0 Å². The fraction of sp³-hybridized carbons (Fsp3) is 0.273. The molecular weight excluding hydrogens is 372 g/mol. The summed E-state index contributed by atoms with van der Waals surface area (Å²) in [6, 6.07) is 13.5. The van der Waals surface area contributed by atoms with Crippen molar-refractivity contribution < 1.29 is 14.3 Å². The molecule has 1 fully saturated rings. The van der Waals surface area contributed by atoms with E-state index in [1.54, 1.807) is 19.1 Å². The Morgan fingerprint density at radius 2 is 1.89 bits per heavy atom. The molecule has 0 N–H and O–H groups in total. The van der Waals surface area contributed by atoms with Crippen LogP contribution in [0.1, 0.15) is 25.0 Å². The fourth-order valence-electron chi connectivity index (χ4n) is 2.99. The smallest absolute Gasteiger partial charge is 0.266 e. The number of ether oxygens (including phenoxy) is 2. The van der Waals surface area contributed by atoms with Gasteiger partial charge in [0.15, 0.2) is 5.17 Å². The highest BCUT2D eigenvalue weighted by atomic mass is 32.2. The predicted octanol–water partition coefficient (Wildman–Crippen LogP) is 4.89. The molecular formula is C22H24N2O3S. The zero-order chi connectivity index (χ0) is 20.1. The van der Waals surface area contributed by atoms with Crippen LogP contribution in [0.25, 0.3) is 6.08 Å². The van der Waals surface area contributed by atoms with Gasteiger partial charge >= 0.3 is 0 Å². The quantitative estimate of drug-likeness (QED) is 0.653. The second-order valence-corrected chi connectivity index (χ2v) is 7.15. The Balaban J connectivity index is 2.00. The molecule has 0 aliphatic carbocycles. The lowest BCUT2D eigenvalue weighted by Gasteiger charge is -2.13. The van der Waals surface area contributed by atoms with E-state index in [1.807, 2.05) is 49.4 Å². The summed E-state index contributed by atoms with van der Waals surface area (Å²) >= 11 is 1.38. The summed E-state index contributed by atoms with van der Waals surface area (Å²) in [5, 5.41) is 0.696. The summed E-state index contributed by atoms with van der Waals surface area (Å²) in [5.41, 5.74) is 2.86. The van der Waals surface area contributed by atoms with E-state index in [9.17, 15) is 4.79 Å². The van der Waals surface area contributed by atoms with Gasteiger partial charge in [-0.2, -0.15) is 0 Å². The van der Waals surface area contributed by atoms with Crippen molar-refractivity contribution in [1.29, 1.82) is 0 Å². The molecule has 28 heavy (non-hydrogen) atoms. The van der Waals surface area contributed by atoms with E-state index in [0.717, 1.165) is 23.2 Å². The molecule has 1 amide bonds. The molecule has 5 nitrogen and oxygen atoms in total. The molecule has 0 spiro atoms. The fourth-order valence-corrected chi connectivity index (χ4v) is 4.03. The first-order chi connectivity index (χ1) is 13.6. The summed E-state index contributed by atoms with van der Waals surface area (Å²) in [4.78, 5) is 20.0. The van der Waals surface area contributed by atoms with E-state index in [-0.39, 0.29) is 5.91 Å². The van der Waals surface area contributed by atoms with Crippen molar-refractivity contribution in [3.8, 4) is 11.5 Å². The maximum absolute atomic E-state index is 12.9. The molecule has 3 rings (SSSR count). The molecule has 0 aromatic heterocycles. The number of aliphatic imine (C=N–C) groups is 1. The number of carbonyl (C=O) groups is 1. The second-order valence-electron chi connectivity index (χ2n) is 6.14. The molecule has 1 saturated heterocycles. The van der Waals surface area contributed by atoms with Crippen molar-refractivity contribution in [3.63, 3.8) is 0 Å². The van der Waals surface area contributed by atoms with Crippen LogP contribution in [0.3, 0.4) is 0 Å². The molecule has 2 aromatic rings. The lowest BCUT2D eigenvalue weighted by Crippen LogP contribution is -2.28. The van der Waals surface area contributed by atoms with Gasteiger partial charge < -0.3 is 9.47 Å². The Kier molecular flexibility index (Phi) is 6.41. The maximum atomic E-state index is 12.9. The molecule has 146 valence electrons. The summed E-state index contributed by atoms with van der Waals surface area (Å²) in [7, 11) is 3.23. The molecule has 0 bridgehead atoms. The summed E-state index contributed by atoms with van der Waals surface area (Å²) in [6.45, 7) is 4.62.